The van der Waals surface area contributed by atoms with Crippen molar-refractivity contribution in [2.24, 2.45) is 0 Å². The molecule has 0 atom stereocenters. The molecule has 2 aromatic rings. The fourth-order valence-corrected chi connectivity index (χ4v) is 3.70. The Hall–Kier alpha value is -3.42. The van der Waals surface area contributed by atoms with Crippen molar-refractivity contribution in [1.82, 2.24) is 9.88 Å². The Balaban J connectivity index is 1.90. The number of nitrogen functional groups attached to an aromatic ring is 1. The van der Waals surface area contributed by atoms with Gasteiger partial charge in [0.05, 0.1) is 16.8 Å². The van der Waals surface area contributed by atoms with Crippen molar-refractivity contribution < 1.29 is 14.4 Å². The van der Waals surface area contributed by atoms with Crippen LogP contribution in [0, 0.1) is 0 Å². The number of fused-ring (bicyclic) bond motifs is 2. The first-order chi connectivity index (χ1) is 12.9. The van der Waals surface area contributed by atoms with Crippen LogP contribution >= 0.6 is 0 Å². The molecule has 0 saturated carbocycles. The maximum absolute atomic E-state index is 12.6. The van der Waals surface area contributed by atoms with Crippen LogP contribution in [0.2, 0.25) is 0 Å². The molecular weight excluding hydrogens is 348 g/mol. The van der Waals surface area contributed by atoms with Crippen molar-refractivity contribution in [1.29, 1.82) is 0 Å². The van der Waals surface area contributed by atoms with Crippen LogP contribution in [-0.2, 0) is 11.2 Å². The van der Waals surface area contributed by atoms with E-state index in [-0.39, 0.29) is 22.9 Å². The molecule has 3 N–H and O–H groups in total. The van der Waals surface area contributed by atoms with E-state index < -0.39 is 17.4 Å². The Morgan fingerprint density at radius 3 is 2.70 bits per heavy atom. The van der Waals surface area contributed by atoms with Gasteiger partial charge in [0.25, 0.3) is 17.4 Å². The number of pyridine rings is 1. The van der Waals surface area contributed by atoms with Crippen molar-refractivity contribution in [3.8, 4) is 5.69 Å². The van der Waals surface area contributed by atoms with E-state index in [1.54, 1.807) is 24.0 Å². The van der Waals surface area contributed by atoms with E-state index >= 15 is 0 Å². The maximum Gasteiger partial charge on any atom is 0.262 e. The highest BCUT2D eigenvalue weighted by molar-refractivity contribution is 6.23. The molecule has 27 heavy (non-hydrogen) atoms. The van der Waals surface area contributed by atoms with Gasteiger partial charge in [0.15, 0.2) is 0 Å². The Morgan fingerprint density at radius 1 is 1.19 bits per heavy atom. The molecule has 0 fully saturated rings. The summed E-state index contributed by atoms with van der Waals surface area (Å²) in [6.07, 6.45) is 2.10. The van der Waals surface area contributed by atoms with Crippen molar-refractivity contribution >= 4 is 29.2 Å². The van der Waals surface area contributed by atoms with Crippen LogP contribution in [-0.4, -0.2) is 28.8 Å². The highest BCUT2D eigenvalue weighted by Gasteiger charge is 2.32. The van der Waals surface area contributed by atoms with Crippen molar-refractivity contribution in [3.05, 3.63) is 51.3 Å². The third kappa shape index (κ3) is 2.52. The Bertz CT molecular complexity index is 1070. The van der Waals surface area contributed by atoms with Gasteiger partial charge < -0.3 is 10.6 Å². The van der Waals surface area contributed by atoms with Gasteiger partial charge in [0, 0.05) is 24.7 Å². The van der Waals surface area contributed by atoms with E-state index in [1.165, 1.54) is 4.57 Å². The highest BCUT2D eigenvalue weighted by Crippen LogP contribution is 2.31. The predicted octanol–water partition coefficient (Wildman–Crippen LogP) is 0.992. The Labute approximate surface area is 154 Å². The number of amides is 3. The summed E-state index contributed by atoms with van der Waals surface area (Å²) in [7, 11) is 0. The molecule has 0 saturated heterocycles. The van der Waals surface area contributed by atoms with E-state index in [1.807, 2.05) is 6.07 Å². The molecule has 1 aromatic heterocycles. The van der Waals surface area contributed by atoms with Crippen molar-refractivity contribution in [2.45, 2.75) is 26.2 Å². The van der Waals surface area contributed by atoms with Crippen LogP contribution in [0.25, 0.3) is 5.69 Å². The molecule has 4 rings (SSSR count). The van der Waals surface area contributed by atoms with Crippen LogP contribution in [0.3, 0.4) is 0 Å². The molecular formula is C19H18N4O4. The normalized spacial score (nSPS) is 15.4. The topological polar surface area (TPSA) is 114 Å². The number of aromatic nitrogens is 1. The van der Waals surface area contributed by atoms with Gasteiger partial charge in [0.2, 0.25) is 5.91 Å². The zero-order valence-electron chi connectivity index (χ0n) is 14.7. The molecule has 0 spiro atoms. The summed E-state index contributed by atoms with van der Waals surface area (Å²) in [6, 6.07) is 6.45. The van der Waals surface area contributed by atoms with E-state index in [2.05, 4.69) is 5.32 Å². The fraction of sp³-hybridized carbons (Fsp3) is 0.263. The number of hydrogen-bond donors (Lipinski definition) is 2. The van der Waals surface area contributed by atoms with Gasteiger partial charge in [-0.2, -0.15) is 0 Å². The number of nitrogens with zero attached hydrogens (tertiary/aromatic N) is 2. The summed E-state index contributed by atoms with van der Waals surface area (Å²) >= 11 is 0. The number of hydrogen-bond acceptors (Lipinski definition) is 5. The second-order valence-corrected chi connectivity index (χ2v) is 6.59. The average molecular weight is 366 g/mol. The minimum atomic E-state index is -0.629. The van der Waals surface area contributed by atoms with Crippen LogP contribution < -0.4 is 21.5 Å². The number of aryl methyl sites for hydroxylation is 1. The number of imide groups is 1. The van der Waals surface area contributed by atoms with Gasteiger partial charge >= 0.3 is 0 Å². The second-order valence-electron chi connectivity index (χ2n) is 6.59. The summed E-state index contributed by atoms with van der Waals surface area (Å²) in [5.41, 5.74) is 7.77. The molecule has 138 valence electrons. The number of benzene rings is 1. The molecule has 3 amide bonds. The third-order valence-corrected chi connectivity index (χ3v) is 5.00. The van der Waals surface area contributed by atoms with Gasteiger partial charge in [-0.15, -0.1) is 0 Å². The smallest absolute Gasteiger partial charge is 0.262 e. The molecule has 2 aliphatic rings. The molecule has 0 bridgehead atoms. The van der Waals surface area contributed by atoms with Crippen molar-refractivity contribution in [3.63, 3.8) is 0 Å². The second kappa shape index (κ2) is 6.08. The fourth-order valence-electron chi connectivity index (χ4n) is 3.70. The number of carbonyl (C=O) groups excluding carboxylic acids is 3. The third-order valence-electron chi connectivity index (χ3n) is 5.00. The molecule has 0 aliphatic carbocycles. The summed E-state index contributed by atoms with van der Waals surface area (Å²) < 4.78 is 1.19. The molecule has 2 aliphatic heterocycles. The lowest BCUT2D eigenvalue weighted by atomic mass is 10.0. The lowest BCUT2D eigenvalue weighted by Gasteiger charge is -2.30. The molecule has 8 nitrogen and oxygen atoms in total. The van der Waals surface area contributed by atoms with Gasteiger partial charge in [-0.05, 0) is 30.5 Å². The zero-order chi connectivity index (χ0) is 19.3. The Kier molecular flexibility index (Phi) is 3.83. The van der Waals surface area contributed by atoms with Crippen molar-refractivity contribution in [2.75, 3.05) is 17.2 Å². The summed E-state index contributed by atoms with van der Waals surface area (Å²) in [5, 5.41) is 2.15. The maximum atomic E-state index is 12.6. The van der Waals surface area contributed by atoms with Gasteiger partial charge in [-0.3, -0.25) is 29.1 Å². The molecule has 1 aromatic carbocycles. The van der Waals surface area contributed by atoms with E-state index in [0.717, 1.165) is 30.2 Å². The van der Waals surface area contributed by atoms with Crippen LogP contribution in [0.1, 0.15) is 46.0 Å². The number of nitrogens with two attached hydrogens (primary N) is 1. The van der Waals surface area contributed by atoms with E-state index in [0.29, 0.717) is 18.7 Å². The summed E-state index contributed by atoms with van der Waals surface area (Å²) in [4.78, 5) is 50.4. The van der Waals surface area contributed by atoms with Gasteiger partial charge in [0.1, 0.15) is 5.82 Å². The van der Waals surface area contributed by atoms with Crippen LogP contribution in [0.4, 0.5) is 11.5 Å². The predicted molar refractivity (Wildman–Crippen MR) is 99.2 cm³/mol. The largest absolute Gasteiger partial charge is 0.384 e. The number of anilines is 2. The van der Waals surface area contributed by atoms with E-state index in [9.17, 15) is 19.2 Å². The van der Waals surface area contributed by atoms with Crippen LogP contribution in [0.15, 0.2) is 29.1 Å². The SMILES string of the molecule is CCC(=O)N1CCCc2ccc(-n3c(N)c4c(cc3=O)C(=O)NC4=O)cc21. The Morgan fingerprint density at radius 2 is 1.96 bits per heavy atom. The quantitative estimate of drug-likeness (QED) is 0.770. The summed E-state index contributed by atoms with van der Waals surface area (Å²) in [6.45, 7) is 2.42. The number of nitrogens with one attached hydrogen (secondary N) is 1. The van der Waals surface area contributed by atoms with E-state index in [4.69, 9.17) is 5.73 Å². The monoisotopic (exact) mass is 366 g/mol. The lowest BCUT2D eigenvalue weighted by molar-refractivity contribution is -0.118. The zero-order valence-corrected chi connectivity index (χ0v) is 14.7. The summed E-state index contributed by atoms with van der Waals surface area (Å²) in [5.74, 6) is -1.34. The van der Waals surface area contributed by atoms with Gasteiger partial charge in [-0.25, -0.2) is 0 Å². The van der Waals surface area contributed by atoms with Gasteiger partial charge in [-0.1, -0.05) is 13.0 Å². The number of carbonyl (C=O) groups is 3. The lowest BCUT2D eigenvalue weighted by Crippen LogP contribution is -2.35. The van der Waals surface area contributed by atoms with Crippen LogP contribution in [0.5, 0.6) is 0 Å². The molecule has 3 heterocycles. The molecule has 0 radical (unpaired) electrons. The first kappa shape index (κ1) is 17.0. The standard InChI is InChI=1S/C19H18N4O4/c1-2-14(24)22-7-3-4-10-5-6-11(8-13(10)22)23-15(25)9-12-16(17(23)20)19(27)21-18(12)26/h5-6,8-9H,2-4,7,20H2,1H3,(H,21,26,27). The number of rotatable bonds is 2. The highest BCUT2D eigenvalue weighted by atomic mass is 16.2. The minimum absolute atomic E-state index is 0.00110. The first-order valence-corrected chi connectivity index (χ1v) is 8.77. The molecule has 8 heteroatoms. The molecule has 0 unspecified atom stereocenters. The average Bonchev–Trinajstić information content (AvgIpc) is 2.94. The minimum Gasteiger partial charge on any atom is -0.384 e. The first-order valence-electron chi connectivity index (χ1n) is 8.77.